The average molecular weight is 511 g/mol. The van der Waals surface area contributed by atoms with Crippen LogP contribution in [0.15, 0.2) is 66.3 Å². The van der Waals surface area contributed by atoms with Crippen LogP contribution in [0.5, 0.6) is 0 Å². The molecule has 9 heteroatoms. The van der Waals surface area contributed by atoms with Gasteiger partial charge >= 0.3 is 5.97 Å². The van der Waals surface area contributed by atoms with Crippen molar-refractivity contribution in [3.05, 3.63) is 93.4 Å². The molecule has 0 aliphatic carbocycles. The fourth-order valence-electron chi connectivity index (χ4n) is 3.99. The standard InChI is InChI=1S/C26H27ClN4O3S/c1-2-3-8-24-29-23(27)17-30(24)16-18-9-11-19(12-10-18)28-25(32)22(15-20-6-5-14-35-20)31-13-4-7-21(31)26(33)34/h4-7,9-14,17,22H,2-3,8,15-16H2,1H3,(H,28,32)(H,33,34). The number of amides is 1. The molecular formula is C26H27ClN4O3S. The van der Waals surface area contributed by atoms with Crippen molar-refractivity contribution >= 4 is 40.5 Å². The van der Waals surface area contributed by atoms with Gasteiger partial charge in [0.25, 0.3) is 0 Å². The van der Waals surface area contributed by atoms with E-state index in [1.165, 1.54) is 22.0 Å². The number of carbonyl (C=O) groups excluding carboxylic acids is 1. The third-order valence-electron chi connectivity index (χ3n) is 5.77. The Kier molecular flexibility index (Phi) is 8.05. The lowest BCUT2D eigenvalue weighted by atomic mass is 10.1. The molecule has 1 amide bonds. The summed E-state index contributed by atoms with van der Waals surface area (Å²) >= 11 is 7.67. The number of hydrogen-bond acceptors (Lipinski definition) is 4. The van der Waals surface area contributed by atoms with Gasteiger partial charge in [0.2, 0.25) is 5.91 Å². The molecule has 3 aromatic heterocycles. The molecule has 0 radical (unpaired) electrons. The van der Waals surface area contributed by atoms with Crippen molar-refractivity contribution in [2.75, 3.05) is 5.32 Å². The highest BCUT2D eigenvalue weighted by atomic mass is 35.5. The molecule has 4 rings (SSSR count). The summed E-state index contributed by atoms with van der Waals surface area (Å²) in [6.07, 6.45) is 6.89. The van der Waals surface area contributed by atoms with Gasteiger partial charge in [-0.1, -0.05) is 43.1 Å². The molecule has 0 saturated heterocycles. The van der Waals surface area contributed by atoms with Crippen LogP contribution in [0.2, 0.25) is 5.15 Å². The van der Waals surface area contributed by atoms with Crippen LogP contribution in [-0.2, 0) is 24.2 Å². The Morgan fingerprint density at radius 3 is 2.66 bits per heavy atom. The van der Waals surface area contributed by atoms with E-state index in [1.807, 2.05) is 48.0 Å². The van der Waals surface area contributed by atoms with Crippen molar-refractivity contribution in [2.24, 2.45) is 0 Å². The fourth-order valence-corrected chi connectivity index (χ4v) is 4.95. The molecule has 182 valence electrons. The topological polar surface area (TPSA) is 89.2 Å². The van der Waals surface area contributed by atoms with Crippen molar-refractivity contribution in [2.45, 2.75) is 45.2 Å². The van der Waals surface area contributed by atoms with Gasteiger partial charge in [-0.2, -0.15) is 0 Å². The second-order valence-corrected chi connectivity index (χ2v) is 9.72. The third-order valence-corrected chi connectivity index (χ3v) is 6.85. The molecule has 35 heavy (non-hydrogen) atoms. The summed E-state index contributed by atoms with van der Waals surface area (Å²) in [5.41, 5.74) is 1.78. The van der Waals surface area contributed by atoms with E-state index in [4.69, 9.17) is 11.6 Å². The highest BCUT2D eigenvalue weighted by Crippen LogP contribution is 2.23. The highest BCUT2D eigenvalue weighted by molar-refractivity contribution is 7.09. The number of aryl methyl sites for hydroxylation is 1. The van der Waals surface area contributed by atoms with Gasteiger partial charge in [-0.05, 0) is 47.7 Å². The lowest BCUT2D eigenvalue weighted by Gasteiger charge is -2.20. The van der Waals surface area contributed by atoms with Crippen molar-refractivity contribution < 1.29 is 14.7 Å². The minimum atomic E-state index is -1.07. The normalized spacial score (nSPS) is 11.9. The minimum Gasteiger partial charge on any atom is -0.477 e. The summed E-state index contributed by atoms with van der Waals surface area (Å²) in [5.74, 6) is -0.374. The van der Waals surface area contributed by atoms with Crippen molar-refractivity contribution in [3.63, 3.8) is 0 Å². The second-order valence-electron chi connectivity index (χ2n) is 8.30. The van der Waals surface area contributed by atoms with Crippen LogP contribution in [0.25, 0.3) is 0 Å². The van der Waals surface area contributed by atoms with E-state index in [-0.39, 0.29) is 11.6 Å². The number of anilines is 1. The van der Waals surface area contributed by atoms with Crippen LogP contribution in [0.4, 0.5) is 5.69 Å². The van der Waals surface area contributed by atoms with Gasteiger partial charge < -0.3 is 19.6 Å². The first kappa shape index (κ1) is 24.8. The first-order valence-corrected chi connectivity index (χ1v) is 12.7. The molecule has 2 N–H and O–H groups in total. The molecule has 4 aromatic rings. The molecule has 0 aliphatic heterocycles. The largest absolute Gasteiger partial charge is 0.477 e. The number of nitrogens with zero attached hydrogens (tertiary/aromatic N) is 3. The van der Waals surface area contributed by atoms with Gasteiger partial charge in [-0.3, -0.25) is 4.79 Å². The van der Waals surface area contributed by atoms with E-state index in [0.717, 1.165) is 35.5 Å². The summed E-state index contributed by atoms with van der Waals surface area (Å²) in [4.78, 5) is 30.4. The predicted molar refractivity (Wildman–Crippen MR) is 138 cm³/mol. The van der Waals surface area contributed by atoms with Gasteiger partial charge in [-0.15, -0.1) is 11.3 Å². The molecular weight excluding hydrogens is 484 g/mol. The number of nitrogens with one attached hydrogen (secondary N) is 1. The van der Waals surface area contributed by atoms with Crippen LogP contribution in [0.3, 0.4) is 0 Å². The molecule has 0 spiro atoms. The Balaban J connectivity index is 1.49. The van der Waals surface area contributed by atoms with E-state index in [1.54, 1.807) is 12.3 Å². The van der Waals surface area contributed by atoms with Gasteiger partial charge in [0.1, 0.15) is 22.7 Å². The summed E-state index contributed by atoms with van der Waals surface area (Å²) in [7, 11) is 0. The number of rotatable bonds is 11. The van der Waals surface area contributed by atoms with Crippen LogP contribution in [0, 0.1) is 0 Å². The number of aromatic carboxylic acids is 1. The lowest BCUT2D eigenvalue weighted by Crippen LogP contribution is -2.29. The SMILES string of the molecule is CCCCc1nc(Cl)cn1Cc1ccc(NC(=O)C(Cc2cccs2)n2cccc2C(=O)O)cc1. The smallest absolute Gasteiger partial charge is 0.352 e. The predicted octanol–water partition coefficient (Wildman–Crippen LogP) is 5.91. The molecule has 0 fully saturated rings. The third kappa shape index (κ3) is 6.21. The lowest BCUT2D eigenvalue weighted by molar-refractivity contribution is -0.119. The highest BCUT2D eigenvalue weighted by Gasteiger charge is 2.25. The molecule has 1 atom stereocenters. The number of imidazole rings is 1. The second kappa shape index (κ2) is 11.4. The van der Waals surface area contributed by atoms with Gasteiger partial charge in [0.05, 0.1) is 0 Å². The summed E-state index contributed by atoms with van der Waals surface area (Å²) < 4.78 is 3.58. The number of benzene rings is 1. The maximum atomic E-state index is 13.3. The molecule has 0 aliphatic rings. The molecule has 7 nitrogen and oxygen atoms in total. The Labute approximate surface area is 213 Å². The quantitative estimate of drug-likeness (QED) is 0.262. The number of carbonyl (C=O) groups is 2. The van der Waals surface area contributed by atoms with Crippen LogP contribution in [-0.4, -0.2) is 31.1 Å². The maximum absolute atomic E-state index is 13.3. The monoisotopic (exact) mass is 510 g/mol. The number of aromatic nitrogens is 3. The van der Waals surface area contributed by atoms with Crippen molar-refractivity contribution in [1.82, 2.24) is 14.1 Å². The van der Waals surface area contributed by atoms with E-state index >= 15 is 0 Å². The zero-order valence-corrected chi connectivity index (χ0v) is 20.9. The first-order valence-electron chi connectivity index (χ1n) is 11.5. The van der Waals surface area contributed by atoms with Crippen molar-refractivity contribution in [3.8, 4) is 0 Å². The van der Waals surface area contributed by atoms with Crippen LogP contribution < -0.4 is 5.32 Å². The fraction of sp³-hybridized carbons (Fsp3) is 0.269. The number of hydrogen-bond donors (Lipinski definition) is 2. The average Bonchev–Trinajstić information content (AvgIpc) is 3.59. The maximum Gasteiger partial charge on any atom is 0.352 e. The Morgan fingerprint density at radius 2 is 1.97 bits per heavy atom. The Hall–Kier alpha value is -3.36. The summed E-state index contributed by atoms with van der Waals surface area (Å²) in [6.45, 7) is 2.78. The summed E-state index contributed by atoms with van der Waals surface area (Å²) in [5, 5.41) is 14.9. The van der Waals surface area contributed by atoms with Crippen LogP contribution in [0.1, 0.15) is 52.6 Å². The molecule has 1 unspecified atom stereocenters. The van der Waals surface area contributed by atoms with Crippen molar-refractivity contribution in [1.29, 1.82) is 0 Å². The number of carboxylic acids is 1. The van der Waals surface area contributed by atoms with E-state index in [2.05, 4.69) is 21.8 Å². The van der Waals surface area contributed by atoms with E-state index in [9.17, 15) is 14.7 Å². The number of thiophene rings is 1. The number of carboxylic acid groups (broad SMARTS) is 1. The molecule has 3 heterocycles. The van der Waals surface area contributed by atoms with Gasteiger partial charge in [0.15, 0.2) is 0 Å². The van der Waals surface area contributed by atoms with E-state index in [0.29, 0.717) is 23.8 Å². The minimum absolute atomic E-state index is 0.0786. The molecule has 0 bridgehead atoms. The Bertz CT molecular complexity index is 1280. The Morgan fingerprint density at radius 1 is 1.17 bits per heavy atom. The summed E-state index contributed by atoms with van der Waals surface area (Å²) in [6, 6.07) is 13.9. The molecule has 0 saturated carbocycles. The zero-order chi connectivity index (χ0) is 24.8. The zero-order valence-electron chi connectivity index (χ0n) is 19.4. The van der Waals surface area contributed by atoms with E-state index < -0.39 is 12.0 Å². The first-order chi connectivity index (χ1) is 16.9. The van der Waals surface area contributed by atoms with Gasteiger partial charge in [0, 0.05) is 42.3 Å². The number of unbranched alkanes of at least 4 members (excludes halogenated alkanes) is 1. The number of halogens is 1. The molecule has 1 aromatic carbocycles. The van der Waals surface area contributed by atoms with Crippen LogP contribution >= 0.6 is 22.9 Å². The van der Waals surface area contributed by atoms with Gasteiger partial charge in [-0.25, -0.2) is 9.78 Å².